The fourth-order valence-electron chi connectivity index (χ4n) is 3.76. The highest BCUT2D eigenvalue weighted by Crippen LogP contribution is 2.28. The molecule has 1 saturated heterocycles. The lowest BCUT2D eigenvalue weighted by atomic mass is 9.94. The molecule has 2 aliphatic rings. The van der Waals surface area contributed by atoms with Gasteiger partial charge in [-0.1, -0.05) is 12.8 Å². The van der Waals surface area contributed by atoms with Gasteiger partial charge in [0.1, 0.15) is 0 Å². The van der Waals surface area contributed by atoms with Gasteiger partial charge in [-0.15, -0.1) is 0 Å². The van der Waals surface area contributed by atoms with Crippen LogP contribution in [-0.2, 0) is 16.1 Å². The van der Waals surface area contributed by atoms with Crippen LogP contribution in [0.4, 0.5) is 0 Å². The summed E-state index contributed by atoms with van der Waals surface area (Å²) in [6.07, 6.45) is 10.1. The van der Waals surface area contributed by atoms with Crippen molar-refractivity contribution in [1.82, 2.24) is 14.8 Å². The number of nitrogens with zero attached hydrogens (tertiary/aromatic N) is 2. The standard InChI is InChI=1S/C18H27N3O2/c22-17(19-9-14-20-10-3-4-11-20)15-7-12-21(13-8-15)18(23)16-5-1-2-6-16/h3-4,10-11,15-16H,1-2,5-9,12-14H2,(H,19,22). The maximum Gasteiger partial charge on any atom is 0.225 e. The quantitative estimate of drug-likeness (QED) is 0.903. The molecule has 1 saturated carbocycles. The van der Waals surface area contributed by atoms with Gasteiger partial charge < -0.3 is 14.8 Å². The fourth-order valence-corrected chi connectivity index (χ4v) is 3.76. The lowest BCUT2D eigenvalue weighted by Crippen LogP contribution is -2.45. The molecule has 1 aromatic rings. The maximum atomic E-state index is 12.4. The minimum atomic E-state index is 0.0623. The van der Waals surface area contributed by atoms with Crippen LogP contribution < -0.4 is 5.32 Å². The van der Waals surface area contributed by atoms with E-state index < -0.39 is 0 Å². The normalized spacial score (nSPS) is 19.9. The molecule has 0 aromatic carbocycles. The Morgan fingerprint density at radius 1 is 0.957 bits per heavy atom. The van der Waals surface area contributed by atoms with Crippen molar-refractivity contribution in [2.24, 2.45) is 11.8 Å². The Hall–Kier alpha value is -1.78. The number of nitrogens with one attached hydrogen (secondary N) is 1. The first kappa shape index (κ1) is 16.1. The van der Waals surface area contributed by atoms with Crippen molar-refractivity contribution in [3.05, 3.63) is 24.5 Å². The van der Waals surface area contributed by atoms with E-state index in [2.05, 4.69) is 9.88 Å². The zero-order chi connectivity index (χ0) is 16.1. The largest absolute Gasteiger partial charge is 0.354 e. The van der Waals surface area contributed by atoms with E-state index in [0.29, 0.717) is 12.5 Å². The Morgan fingerprint density at radius 3 is 2.26 bits per heavy atom. The lowest BCUT2D eigenvalue weighted by molar-refractivity contribution is -0.139. The van der Waals surface area contributed by atoms with E-state index in [1.165, 1.54) is 12.8 Å². The van der Waals surface area contributed by atoms with Crippen LogP contribution in [0.2, 0.25) is 0 Å². The number of piperidine rings is 1. The van der Waals surface area contributed by atoms with E-state index in [9.17, 15) is 9.59 Å². The summed E-state index contributed by atoms with van der Waals surface area (Å²) in [4.78, 5) is 26.6. The molecule has 2 fully saturated rings. The molecule has 5 heteroatoms. The van der Waals surface area contributed by atoms with Gasteiger partial charge in [-0.05, 0) is 37.8 Å². The Kier molecular flexibility index (Phi) is 5.36. The summed E-state index contributed by atoms with van der Waals surface area (Å²) < 4.78 is 2.06. The molecule has 0 atom stereocenters. The molecule has 0 radical (unpaired) electrons. The SMILES string of the molecule is O=C(NCCn1cccc1)C1CCN(C(=O)C2CCCC2)CC1. The number of likely N-dealkylation sites (tertiary alicyclic amines) is 1. The maximum absolute atomic E-state index is 12.4. The molecule has 2 amide bonds. The number of aromatic nitrogens is 1. The van der Waals surface area contributed by atoms with Crippen LogP contribution in [0.1, 0.15) is 38.5 Å². The summed E-state index contributed by atoms with van der Waals surface area (Å²) in [7, 11) is 0. The molecular weight excluding hydrogens is 290 g/mol. The number of hydrogen-bond acceptors (Lipinski definition) is 2. The molecule has 0 bridgehead atoms. The Labute approximate surface area is 138 Å². The van der Waals surface area contributed by atoms with Crippen LogP contribution in [0, 0.1) is 11.8 Å². The van der Waals surface area contributed by atoms with Crippen LogP contribution in [0.3, 0.4) is 0 Å². The summed E-state index contributed by atoms with van der Waals surface area (Å²) in [6, 6.07) is 3.97. The van der Waals surface area contributed by atoms with E-state index in [1.807, 2.05) is 29.4 Å². The zero-order valence-electron chi connectivity index (χ0n) is 13.7. The average molecular weight is 317 g/mol. The second-order valence-electron chi connectivity index (χ2n) is 6.79. The Balaban J connectivity index is 1.37. The van der Waals surface area contributed by atoms with E-state index in [1.54, 1.807) is 0 Å². The minimum Gasteiger partial charge on any atom is -0.354 e. The predicted molar refractivity (Wildman–Crippen MR) is 88.7 cm³/mol. The third-order valence-corrected chi connectivity index (χ3v) is 5.22. The molecule has 23 heavy (non-hydrogen) atoms. The van der Waals surface area contributed by atoms with Crippen molar-refractivity contribution in [1.29, 1.82) is 0 Å². The van der Waals surface area contributed by atoms with Gasteiger partial charge >= 0.3 is 0 Å². The summed E-state index contributed by atoms with van der Waals surface area (Å²) >= 11 is 0. The van der Waals surface area contributed by atoms with Crippen LogP contribution >= 0.6 is 0 Å². The molecule has 1 aliphatic carbocycles. The zero-order valence-corrected chi connectivity index (χ0v) is 13.7. The second kappa shape index (κ2) is 7.66. The van der Waals surface area contributed by atoms with Crippen molar-refractivity contribution in [2.45, 2.75) is 45.1 Å². The first-order valence-corrected chi connectivity index (χ1v) is 8.91. The fraction of sp³-hybridized carbons (Fsp3) is 0.667. The van der Waals surface area contributed by atoms with Crippen molar-refractivity contribution < 1.29 is 9.59 Å². The summed E-state index contributed by atoms with van der Waals surface area (Å²) in [6.45, 7) is 2.95. The molecule has 126 valence electrons. The van der Waals surface area contributed by atoms with Gasteiger partial charge in [0.2, 0.25) is 11.8 Å². The molecular formula is C18H27N3O2. The predicted octanol–water partition coefficient (Wildman–Crippen LogP) is 2.03. The summed E-state index contributed by atoms with van der Waals surface area (Å²) in [5.41, 5.74) is 0. The van der Waals surface area contributed by atoms with Gasteiger partial charge in [0.25, 0.3) is 0 Å². The van der Waals surface area contributed by atoms with Gasteiger partial charge in [-0.25, -0.2) is 0 Å². The molecule has 5 nitrogen and oxygen atoms in total. The topological polar surface area (TPSA) is 54.3 Å². The van der Waals surface area contributed by atoms with Crippen molar-refractivity contribution in [2.75, 3.05) is 19.6 Å². The van der Waals surface area contributed by atoms with Crippen LogP contribution in [0.5, 0.6) is 0 Å². The second-order valence-corrected chi connectivity index (χ2v) is 6.79. The van der Waals surface area contributed by atoms with Crippen LogP contribution in [0.15, 0.2) is 24.5 Å². The number of hydrogen-bond donors (Lipinski definition) is 1. The van der Waals surface area contributed by atoms with E-state index in [-0.39, 0.29) is 17.7 Å². The van der Waals surface area contributed by atoms with E-state index in [0.717, 1.165) is 45.3 Å². The molecule has 1 aromatic heterocycles. The van der Waals surface area contributed by atoms with Gasteiger partial charge in [-0.3, -0.25) is 9.59 Å². The van der Waals surface area contributed by atoms with Gasteiger partial charge in [0.15, 0.2) is 0 Å². The average Bonchev–Trinajstić information content (AvgIpc) is 3.28. The first-order chi connectivity index (χ1) is 11.2. The van der Waals surface area contributed by atoms with Gasteiger partial charge in [0, 0.05) is 50.4 Å². The monoisotopic (exact) mass is 317 g/mol. The van der Waals surface area contributed by atoms with E-state index in [4.69, 9.17) is 0 Å². The highest BCUT2D eigenvalue weighted by atomic mass is 16.2. The molecule has 1 N–H and O–H groups in total. The summed E-state index contributed by atoms with van der Waals surface area (Å²) in [5, 5.41) is 3.03. The van der Waals surface area contributed by atoms with Crippen molar-refractivity contribution in [3.63, 3.8) is 0 Å². The lowest BCUT2D eigenvalue weighted by Gasteiger charge is -2.33. The highest BCUT2D eigenvalue weighted by molar-refractivity contribution is 5.81. The van der Waals surface area contributed by atoms with Crippen molar-refractivity contribution in [3.8, 4) is 0 Å². The smallest absolute Gasteiger partial charge is 0.225 e. The Morgan fingerprint density at radius 2 is 1.61 bits per heavy atom. The van der Waals surface area contributed by atoms with Gasteiger partial charge in [0.05, 0.1) is 0 Å². The van der Waals surface area contributed by atoms with E-state index >= 15 is 0 Å². The molecule has 1 aliphatic heterocycles. The molecule has 0 spiro atoms. The molecule has 2 heterocycles. The third-order valence-electron chi connectivity index (χ3n) is 5.22. The number of carbonyl (C=O) groups excluding carboxylic acids is 2. The van der Waals surface area contributed by atoms with Gasteiger partial charge in [-0.2, -0.15) is 0 Å². The minimum absolute atomic E-state index is 0.0623. The summed E-state index contributed by atoms with van der Waals surface area (Å²) in [5.74, 6) is 0.785. The van der Waals surface area contributed by atoms with Crippen LogP contribution in [-0.4, -0.2) is 40.9 Å². The molecule has 3 rings (SSSR count). The van der Waals surface area contributed by atoms with Crippen molar-refractivity contribution >= 4 is 11.8 Å². The number of amides is 2. The first-order valence-electron chi connectivity index (χ1n) is 8.91. The number of carbonyl (C=O) groups is 2. The Bertz CT molecular complexity index is 512. The molecule has 0 unspecified atom stereocenters. The third kappa shape index (κ3) is 4.15. The highest BCUT2D eigenvalue weighted by Gasteiger charge is 2.31. The number of rotatable bonds is 5. The van der Waals surface area contributed by atoms with Crippen LogP contribution in [0.25, 0.3) is 0 Å².